The zero-order valence-electron chi connectivity index (χ0n) is 5.15. The van der Waals surface area contributed by atoms with Gasteiger partial charge in [0, 0.05) is 12.1 Å². The number of aromatic nitrogens is 1. The van der Waals surface area contributed by atoms with E-state index in [2.05, 4.69) is 0 Å². The van der Waals surface area contributed by atoms with E-state index in [0.29, 0.717) is 5.71 Å². The number of fused-ring (bicyclic) bond motifs is 1. The minimum atomic E-state index is -0.314. The first-order valence-electron chi connectivity index (χ1n) is 2.93. The molecule has 0 radical (unpaired) electrons. The van der Waals surface area contributed by atoms with Crippen molar-refractivity contribution in [3.05, 3.63) is 30.6 Å². The molecule has 2 heterocycles. The van der Waals surface area contributed by atoms with Gasteiger partial charge in [-0.1, -0.05) is 0 Å². The second-order valence-electron chi connectivity index (χ2n) is 2.00. The van der Waals surface area contributed by atoms with Gasteiger partial charge >= 0.3 is 0 Å². The van der Waals surface area contributed by atoms with Gasteiger partial charge in [0.25, 0.3) is 5.71 Å². The number of pyridine rings is 1. The number of rotatable bonds is 0. The molecule has 2 aromatic heterocycles. The molecule has 0 saturated heterocycles. The Kier molecular flexibility index (Phi) is 0.917. The van der Waals surface area contributed by atoms with E-state index in [1.807, 2.05) is 12.1 Å². The second-order valence-corrected chi connectivity index (χ2v) is 2.00. The Morgan fingerprint density at radius 1 is 1.40 bits per heavy atom. The molecule has 3 nitrogen and oxygen atoms in total. The largest absolute Gasteiger partial charge is 0.540 e. The molecule has 0 aliphatic heterocycles. The number of nitrogens with zero attached hydrogens (tertiary/aromatic N) is 1. The third-order valence-corrected chi connectivity index (χ3v) is 1.30. The molecule has 0 aromatic carbocycles. The minimum absolute atomic E-state index is 0.314. The molecule has 3 heteroatoms. The van der Waals surface area contributed by atoms with Crippen LogP contribution in [0.1, 0.15) is 0 Å². The van der Waals surface area contributed by atoms with E-state index < -0.39 is 0 Å². The zero-order valence-corrected chi connectivity index (χ0v) is 5.15. The molecule has 0 saturated carbocycles. The second kappa shape index (κ2) is 1.73. The van der Waals surface area contributed by atoms with Gasteiger partial charge in [-0.05, 0) is 6.07 Å². The van der Waals surface area contributed by atoms with Crippen molar-refractivity contribution in [2.75, 3.05) is 0 Å². The van der Waals surface area contributed by atoms with E-state index in [1.54, 1.807) is 16.7 Å². The molecule has 50 valence electrons. The molecular weight excluding hydrogens is 130 g/mol. The lowest BCUT2D eigenvalue weighted by Crippen LogP contribution is -2.15. The van der Waals surface area contributed by atoms with Gasteiger partial charge in [-0.15, -0.1) is 0 Å². The van der Waals surface area contributed by atoms with Gasteiger partial charge in [-0.2, -0.15) is 4.40 Å². The average molecular weight is 135 g/mol. The Morgan fingerprint density at radius 2 is 2.30 bits per heavy atom. The van der Waals surface area contributed by atoms with Crippen molar-refractivity contribution in [1.82, 2.24) is 0 Å². The van der Waals surface area contributed by atoms with Gasteiger partial charge in [-0.25, -0.2) is 0 Å². The Balaban J connectivity index is 2.88. The summed E-state index contributed by atoms with van der Waals surface area (Å²) in [6, 6.07) is 5.39. The van der Waals surface area contributed by atoms with Crippen LogP contribution < -0.4 is 9.51 Å². The van der Waals surface area contributed by atoms with Gasteiger partial charge in [0.1, 0.15) is 5.95 Å². The number of hydrogen-bond acceptors (Lipinski definition) is 2. The molecule has 0 aliphatic rings. The Hall–Kier alpha value is -1.51. The van der Waals surface area contributed by atoms with Gasteiger partial charge in [-0.3, -0.25) is 0 Å². The van der Waals surface area contributed by atoms with E-state index >= 15 is 0 Å². The molecule has 2 aromatic rings. The maximum absolute atomic E-state index is 10.6. The smallest absolute Gasteiger partial charge is 0.267 e. The van der Waals surface area contributed by atoms with Crippen molar-refractivity contribution >= 4 is 5.71 Å². The molecular formula is C7H5NO2. The van der Waals surface area contributed by atoms with Crippen molar-refractivity contribution in [2.24, 2.45) is 0 Å². The van der Waals surface area contributed by atoms with E-state index in [4.69, 9.17) is 4.42 Å². The quantitative estimate of drug-likeness (QED) is 0.480. The van der Waals surface area contributed by atoms with E-state index in [9.17, 15) is 5.11 Å². The van der Waals surface area contributed by atoms with Gasteiger partial charge in [0.05, 0.1) is 0 Å². The lowest BCUT2D eigenvalue weighted by atomic mass is 10.5. The first-order chi connectivity index (χ1) is 4.86. The Labute approximate surface area is 57.1 Å². The molecule has 0 amide bonds. The summed E-state index contributed by atoms with van der Waals surface area (Å²) in [7, 11) is 0. The molecule has 0 unspecified atom stereocenters. The first kappa shape index (κ1) is 5.29. The highest BCUT2D eigenvalue weighted by Gasteiger charge is 1.97. The maximum atomic E-state index is 10.6. The van der Waals surface area contributed by atoms with Crippen LogP contribution in [0.15, 0.2) is 35.0 Å². The highest BCUT2D eigenvalue weighted by atomic mass is 16.5. The van der Waals surface area contributed by atoms with Crippen LogP contribution in [0, 0.1) is 0 Å². The van der Waals surface area contributed by atoms with Crippen LogP contribution in [0.25, 0.3) is 5.71 Å². The standard InChI is InChI=1S/C7H5NO2/c9-7-5-8-4-2-1-3-6(8)10-7/h1-5H. The van der Waals surface area contributed by atoms with Gasteiger partial charge < -0.3 is 9.52 Å². The highest BCUT2D eigenvalue weighted by molar-refractivity contribution is 5.24. The summed E-state index contributed by atoms with van der Waals surface area (Å²) in [4.78, 5) is 0. The van der Waals surface area contributed by atoms with E-state index in [1.165, 1.54) is 6.20 Å². The molecule has 0 aliphatic carbocycles. The normalized spacial score (nSPS) is 10.4. The number of hydrogen-bond donors (Lipinski definition) is 0. The van der Waals surface area contributed by atoms with Crippen molar-refractivity contribution in [3.8, 4) is 5.95 Å². The lowest BCUT2D eigenvalue weighted by molar-refractivity contribution is -0.515. The third-order valence-electron chi connectivity index (χ3n) is 1.30. The summed E-state index contributed by atoms with van der Waals surface area (Å²) in [5, 5.41) is 10.6. The first-order valence-corrected chi connectivity index (χ1v) is 2.93. The predicted molar refractivity (Wildman–Crippen MR) is 31.3 cm³/mol. The summed E-state index contributed by atoms with van der Waals surface area (Å²) < 4.78 is 6.42. The molecule has 0 fully saturated rings. The molecule has 10 heavy (non-hydrogen) atoms. The molecule has 2 rings (SSSR count). The number of oxazole rings is 1. The fourth-order valence-corrected chi connectivity index (χ4v) is 0.876. The van der Waals surface area contributed by atoms with Crippen molar-refractivity contribution in [2.45, 2.75) is 0 Å². The van der Waals surface area contributed by atoms with Crippen LogP contribution in [0.4, 0.5) is 0 Å². The van der Waals surface area contributed by atoms with Crippen LogP contribution in [-0.4, -0.2) is 0 Å². The van der Waals surface area contributed by atoms with Crippen LogP contribution in [0.2, 0.25) is 0 Å². The Morgan fingerprint density at radius 3 is 3.10 bits per heavy atom. The summed E-state index contributed by atoms with van der Waals surface area (Å²) in [6.07, 6.45) is 3.16. The minimum Gasteiger partial charge on any atom is -0.540 e. The van der Waals surface area contributed by atoms with Crippen LogP contribution in [0.3, 0.4) is 0 Å². The monoisotopic (exact) mass is 135 g/mol. The van der Waals surface area contributed by atoms with Crippen molar-refractivity contribution in [1.29, 1.82) is 0 Å². The molecule has 0 bridgehead atoms. The fraction of sp³-hybridized carbons (Fsp3) is 0. The summed E-state index contributed by atoms with van der Waals surface area (Å²) in [5.41, 5.74) is 0.576. The van der Waals surface area contributed by atoms with Crippen LogP contribution in [-0.2, 0) is 0 Å². The van der Waals surface area contributed by atoms with Crippen LogP contribution in [0.5, 0.6) is 5.95 Å². The summed E-state index contributed by atoms with van der Waals surface area (Å²) in [5.74, 6) is -0.314. The third kappa shape index (κ3) is 0.639. The summed E-state index contributed by atoms with van der Waals surface area (Å²) >= 11 is 0. The SMILES string of the molecule is [O-]c1c[n+]2ccccc2o1. The highest BCUT2D eigenvalue weighted by Crippen LogP contribution is 2.04. The summed E-state index contributed by atoms with van der Waals surface area (Å²) in [6.45, 7) is 0. The van der Waals surface area contributed by atoms with E-state index in [-0.39, 0.29) is 5.95 Å². The molecule has 0 atom stereocenters. The topological polar surface area (TPSA) is 40.3 Å². The van der Waals surface area contributed by atoms with E-state index in [0.717, 1.165) is 0 Å². The predicted octanol–water partition coefficient (Wildman–Crippen LogP) is 0.0919. The zero-order chi connectivity index (χ0) is 6.97. The molecule has 0 N–H and O–H groups in total. The fourth-order valence-electron chi connectivity index (χ4n) is 0.876. The molecule has 0 spiro atoms. The van der Waals surface area contributed by atoms with Crippen LogP contribution >= 0.6 is 0 Å². The van der Waals surface area contributed by atoms with Crippen molar-refractivity contribution < 1.29 is 13.9 Å². The lowest BCUT2D eigenvalue weighted by Gasteiger charge is -1.82. The van der Waals surface area contributed by atoms with Crippen molar-refractivity contribution in [3.63, 3.8) is 0 Å². The maximum Gasteiger partial charge on any atom is 0.267 e. The average Bonchev–Trinajstić information content (AvgIpc) is 2.27. The Bertz CT molecular complexity index is 320. The van der Waals surface area contributed by atoms with Gasteiger partial charge in [0.15, 0.2) is 12.4 Å². The van der Waals surface area contributed by atoms with Gasteiger partial charge in [0.2, 0.25) is 0 Å².